The molecule has 0 saturated heterocycles. The van der Waals surface area contributed by atoms with Gasteiger partial charge in [0.05, 0.1) is 24.7 Å². The minimum atomic E-state index is -0.505. The molecule has 1 aromatic rings. The fraction of sp³-hybridized carbons (Fsp3) is 0.400. The average molecular weight is 226 g/mol. The zero-order valence-corrected chi connectivity index (χ0v) is 9.01. The predicted molar refractivity (Wildman–Crippen MR) is 58.8 cm³/mol. The van der Waals surface area contributed by atoms with Crippen LogP contribution in [-0.2, 0) is 0 Å². The first kappa shape index (κ1) is 12.3. The molecule has 6 heteroatoms. The molecule has 0 atom stereocenters. The standard InChI is InChI=1S/C10H14N2O4/c1-15-10-4-3-8(16-6-2-5-11)7-9(10)12(13)14/h3-4,7H,2,5-6,11H2,1H3. The lowest BCUT2D eigenvalue weighted by atomic mass is 10.3. The molecule has 0 heterocycles. The largest absolute Gasteiger partial charge is 0.493 e. The van der Waals surface area contributed by atoms with Gasteiger partial charge >= 0.3 is 5.69 Å². The second-order valence-corrected chi connectivity index (χ2v) is 3.08. The van der Waals surface area contributed by atoms with Crippen LogP contribution in [0.2, 0.25) is 0 Å². The van der Waals surface area contributed by atoms with Crippen molar-refractivity contribution in [1.82, 2.24) is 0 Å². The summed E-state index contributed by atoms with van der Waals surface area (Å²) in [6.45, 7) is 0.970. The fourth-order valence-corrected chi connectivity index (χ4v) is 1.18. The summed E-state index contributed by atoms with van der Waals surface area (Å²) in [7, 11) is 1.39. The Bertz CT molecular complexity index is 368. The van der Waals surface area contributed by atoms with Crippen molar-refractivity contribution < 1.29 is 14.4 Å². The molecule has 0 saturated carbocycles. The summed E-state index contributed by atoms with van der Waals surface area (Å²) in [6, 6.07) is 4.48. The van der Waals surface area contributed by atoms with Gasteiger partial charge in [-0.2, -0.15) is 0 Å². The van der Waals surface area contributed by atoms with Crippen LogP contribution < -0.4 is 15.2 Å². The van der Waals surface area contributed by atoms with Crippen LogP contribution in [0.15, 0.2) is 18.2 Å². The Hall–Kier alpha value is -1.82. The summed E-state index contributed by atoms with van der Waals surface area (Å²) in [5.74, 6) is 0.664. The van der Waals surface area contributed by atoms with E-state index in [2.05, 4.69) is 0 Å². The Balaban J connectivity index is 2.81. The van der Waals surface area contributed by atoms with E-state index in [1.807, 2.05) is 0 Å². The Morgan fingerprint density at radius 1 is 1.50 bits per heavy atom. The van der Waals surface area contributed by atoms with Gasteiger partial charge in [0.1, 0.15) is 5.75 Å². The number of rotatable bonds is 6. The van der Waals surface area contributed by atoms with Crippen LogP contribution in [0.5, 0.6) is 11.5 Å². The Labute approximate surface area is 93.1 Å². The summed E-state index contributed by atoms with van der Waals surface area (Å²) < 4.78 is 10.2. The molecule has 0 unspecified atom stereocenters. The Kier molecular flexibility index (Phi) is 4.53. The molecule has 0 amide bonds. The van der Waals surface area contributed by atoms with Crippen LogP contribution in [0.4, 0.5) is 5.69 Å². The third-order valence-electron chi connectivity index (χ3n) is 1.96. The summed E-state index contributed by atoms with van der Waals surface area (Å²) in [6.07, 6.45) is 0.708. The maximum Gasteiger partial charge on any atom is 0.314 e. The maximum atomic E-state index is 10.7. The number of nitro groups is 1. The number of ether oxygens (including phenoxy) is 2. The first-order valence-electron chi connectivity index (χ1n) is 4.84. The highest BCUT2D eigenvalue weighted by Crippen LogP contribution is 2.30. The number of benzene rings is 1. The van der Waals surface area contributed by atoms with E-state index in [0.29, 0.717) is 25.3 Å². The summed E-state index contributed by atoms with van der Waals surface area (Å²) >= 11 is 0. The monoisotopic (exact) mass is 226 g/mol. The second-order valence-electron chi connectivity index (χ2n) is 3.08. The quantitative estimate of drug-likeness (QED) is 0.449. The molecule has 88 valence electrons. The maximum absolute atomic E-state index is 10.7. The molecule has 2 N–H and O–H groups in total. The number of nitro benzene ring substituents is 1. The van der Waals surface area contributed by atoms with Gasteiger partial charge in [0, 0.05) is 0 Å². The van der Waals surface area contributed by atoms with Crippen LogP contribution in [0.25, 0.3) is 0 Å². The first-order valence-corrected chi connectivity index (χ1v) is 4.84. The average Bonchev–Trinajstić information content (AvgIpc) is 2.29. The lowest BCUT2D eigenvalue weighted by Gasteiger charge is -2.06. The van der Waals surface area contributed by atoms with Gasteiger partial charge in [-0.05, 0) is 25.1 Å². The van der Waals surface area contributed by atoms with Crippen molar-refractivity contribution in [2.45, 2.75) is 6.42 Å². The van der Waals surface area contributed by atoms with Gasteiger partial charge in [-0.25, -0.2) is 0 Å². The van der Waals surface area contributed by atoms with Crippen LogP contribution >= 0.6 is 0 Å². The van der Waals surface area contributed by atoms with Crippen molar-refractivity contribution in [3.8, 4) is 11.5 Å². The minimum absolute atomic E-state index is 0.104. The van der Waals surface area contributed by atoms with E-state index in [9.17, 15) is 10.1 Å². The lowest BCUT2D eigenvalue weighted by Crippen LogP contribution is -2.06. The van der Waals surface area contributed by atoms with Crippen molar-refractivity contribution in [1.29, 1.82) is 0 Å². The molecule has 16 heavy (non-hydrogen) atoms. The van der Waals surface area contributed by atoms with Crippen LogP contribution in [0, 0.1) is 10.1 Å². The molecular weight excluding hydrogens is 212 g/mol. The molecule has 1 rings (SSSR count). The van der Waals surface area contributed by atoms with Gasteiger partial charge in [0.25, 0.3) is 0 Å². The topological polar surface area (TPSA) is 87.6 Å². The molecule has 0 bridgehead atoms. The van der Waals surface area contributed by atoms with E-state index in [-0.39, 0.29) is 11.4 Å². The molecule has 0 aliphatic rings. The normalized spacial score (nSPS) is 9.88. The van der Waals surface area contributed by atoms with Crippen LogP contribution in [-0.4, -0.2) is 25.2 Å². The predicted octanol–water partition coefficient (Wildman–Crippen LogP) is 1.33. The van der Waals surface area contributed by atoms with Crippen molar-refractivity contribution in [3.63, 3.8) is 0 Å². The molecule has 1 aromatic carbocycles. The SMILES string of the molecule is COc1ccc(OCCCN)cc1[N+](=O)[O-]. The van der Waals surface area contributed by atoms with Gasteiger partial charge < -0.3 is 15.2 Å². The van der Waals surface area contributed by atoms with E-state index in [0.717, 1.165) is 0 Å². The fourth-order valence-electron chi connectivity index (χ4n) is 1.18. The molecule has 0 aliphatic carbocycles. The summed E-state index contributed by atoms with van der Waals surface area (Å²) in [5.41, 5.74) is 5.20. The van der Waals surface area contributed by atoms with E-state index in [4.69, 9.17) is 15.2 Å². The Morgan fingerprint density at radius 3 is 2.81 bits per heavy atom. The molecule has 0 aliphatic heterocycles. The zero-order valence-electron chi connectivity index (χ0n) is 9.01. The number of hydrogen-bond acceptors (Lipinski definition) is 5. The van der Waals surface area contributed by atoms with E-state index in [1.54, 1.807) is 6.07 Å². The number of nitrogens with two attached hydrogens (primary N) is 1. The highest BCUT2D eigenvalue weighted by atomic mass is 16.6. The van der Waals surface area contributed by atoms with Gasteiger partial charge in [0.2, 0.25) is 0 Å². The van der Waals surface area contributed by atoms with Crippen molar-refractivity contribution >= 4 is 5.69 Å². The minimum Gasteiger partial charge on any atom is -0.493 e. The van der Waals surface area contributed by atoms with Gasteiger partial charge in [0.15, 0.2) is 5.75 Å². The molecule has 0 spiro atoms. The van der Waals surface area contributed by atoms with Crippen LogP contribution in [0.1, 0.15) is 6.42 Å². The molecular formula is C10H14N2O4. The Morgan fingerprint density at radius 2 is 2.25 bits per heavy atom. The van der Waals surface area contributed by atoms with Crippen molar-refractivity contribution in [3.05, 3.63) is 28.3 Å². The zero-order chi connectivity index (χ0) is 12.0. The summed E-state index contributed by atoms with van der Waals surface area (Å²) in [5, 5.41) is 10.7. The number of methoxy groups -OCH3 is 1. The molecule has 0 aromatic heterocycles. The number of nitrogens with zero attached hydrogens (tertiary/aromatic N) is 1. The third-order valence-corrected chi connectivity index (χ3v) is 1.96. The first-order chi connectivity index (χ1) is 7.69. The molecule has 0 radical (unpaired) electrons. The van der Waals surface area contributed by atoms with Crippen molar-refractivity contribution in [2.75, 3.05) is 20.3 Å². The molecule has 0 fully saturated rings. The smallest absolute Gasteiger partial charge is 0.314 e. The lowest BCUT2D eigenvalue weighted by molar-refractivity contribution is -0.385. The van der Waals surface area contributed by atoms with Crippen molar-refractivity contribution in [2.24, 2.45) is 5.73 Å². The third kappa shape index (κ3) is 3.09. The van der Waals surface area contributed by atoms with E-state index >= 15 is 0 Å². The summed E-state index contributed by atoms with van der Waals surface area (Å²) in [4.78, 5) is 10.2. The molecule has 6 nitrogen and oxygen atoms in total. The van der Waals surface area contributed by atoms with Gasteiger partial charge in [-0.15, -0.1) is 0 Å². The second kappa shape index (κ2) is 5.92. The van der Waals surface area contributed by atoms with E-state index < -0.39 is 4.92 Å². The van der Waals surface area contributed by atoms with E-state index in [1.165, 1.54) is 19.2 Å². The van der Waals surface area contributed by atoms with Crippen LogP contribution in [0.3, 0.4) is 0 Å². The highest BCUT2D eigenvalue weighted by molar-refractivity contribution is 5.50. The van der Waals surface area contributed by atoms with Gasteiger partial charge in [-0.1, -0.05) is 0 Å². The highest BCUT2D eigenvalue weighted by Gasteiger charge is 2.15. The van der Waals surface area contributed by atoms with Gasteiger partial charge in [-0.3, -0.25) is 10.1 Å². The number of hydrogen-bond donors (Lipinski definition) is 1.